The first kappa shape index (κ1) is 11.5. The van der Waals surface area contributed by atoms with Crippen LogP contribution in [0.2, 0.25) is 0 Å². The van der Waals surface area contributed by atoms with Crippen LogP contribution >= 0.6 is 34.2 Å². The second-order valence-electron chi connectivity index (χ2n) is 2.47. The summed E-state index contributed by atoms with van der Waals surface area (Å²) in [5.74, 6) is 0.550. The summed E-state index contributed by atoms with van der Waals surface area (Å²) in [6, 6.07) is 3.02. The number of benzene rings is 1. The highest BCUT2D eigenvalue weighted by atomic mass is 127. The number of hydrogen-bond acceptors (Lipinski definition) is 3. The highest BCUT2D eigenvalue weighted by Crippen LogP contribution is 2.25. The molecule has 14 heavy (non-hydrogen) atoms. The molecule has 5 heteroatoms. The van der Waals surface area contributed by atoms with Crippen LogP contribution in [0.25, 0.3) is 0 Å². The average Bonchev–Trinajstić information content (AvgIpc) is 2.17. The maximum atomic E-state index is 10.9. The molecule has 0 atom stereocenters. The van der Waals surface area contributed by atoms with Gasteiger partial charge in [-0.15, -0.1) is 0 Å². The Morgan fingerprint density at radius 1 is 1.57 bits per heavy atom. The number of ether oxygens (including phenoxy) is 1. The zero-order valence-electron chi connectivity index (χ0n) is 7.21. The second kappa shape index (κ2) is 4.75. The molecular weight excluding hydrogens is 318 g/mol. The molecular formula is C9H6ClIO3. The minimum atomic E-state index is -0.646. The fourth-order valence-corrected chi connectivity index (χ4v) is 1.84. The van der Waals surface area contributed by atoms with E-state index < -0.39 is 5.24 Å². The molecule has 0 saturated heterocycles. The Morgan fingerprint density at radius 3 is 2.64 bits per heavy atom. The summed E-state index contributed by atoms with van der Waals surface area (Å²) in [6.45, 7) is 0. The molecule has 3 nitrogen and oxygen atoms in total. The standard InChI is InChI=1S/C9H6ClIO3/c1-14-8-2-5(4-12)6(9(10)13)3-7(8)11/h2-4H,1H3. The molecule has 1 aromatic carbocycles. The lowest BCUT2D eigenvalue weighted by Gasteiger charge is -2.06. The monoisotopic (exact) mass is 324 g/mol. The highest BCUT2D eigenvalue weighted by Gasteiger charge is 2.12. The van der Waals surface area contributed by atoms with Crippen molar-refractivity contribution in [1.29, 1.82) is 0 Å². The van der Waals surface area contributed by atoms with Crippen LogP contribution in [0.1, 0.15) is 20.7 Å². The van der Waals surface area contributed by atoms with Crippen LogP contribution in [0.4, 0.5) is 0 Å². The Morgan fingerprint density at radius 2 is 2.21 bits per heavy atom. The summed E-state index contributed by atoms with van der Waals surface area (Å²) in [7, 11) is 1.49. The normalized spacial score (nSPS) is 9.64. The van der Waals surface area contributed by atoms with Crippen molar-refractivity contribution >= 4 is 45.7 Å². The van der Waals surface area contributed by atoms with Crippen LogP contribution < -0.4 is 4.74 Å². The largest absolute Gasteiger partial charge is 0.496 e. The van der Waals surface area contributed by atoms with Gasteiger partial charge in [-0.05, 0) is 46.3 Å². The van der Waals surface area contributed by atoms with Gasteiger partial charge in [0, 0.05) is 11.1 Å². The van der Waals surface area contributed by atoms with Gasteiger partial charge in [0.05, 0.1) is 10.7 Å². The lowest BCUT2D eigenvalue weighted by molar-refractivity contribution is 0.106. The molecule has 1 rings (SSSR count). The molecule has 0 heterocycles. The number of rotatable bonds is 3. The third-order valence-electron chi connectivity index (χ3n) is 1.66. The van der Waals surface area contributed by atoms with Crippen LogP contribution in [0.5, 0.6) is 5.75 Å². The maximum absolute atomic E-state index is 10.9. The summed E-state index contributed by atoms with van der Waals surface area (Å²) in [6.07, 6.45) is 0.578. The topological polar surface area (TPSA) is 43.4 Å². The van der Waals surface area contributed by atoms with Gasteiger partial charge in [-0.2, -0.15) is 0 Å². The van der Waals surface area contributed by atoms with Gasteiger partial charge in [-0.25, -0.2) is 0 Å². The van der Waals surface area contributed by atoms with Crippen molar-refractivity contribution in [2.75, 3.05) is 7.11 Å². The van der Waals surface area contributed by atoms with Crippen molar-refractivity contribution in [3.8, 4) is 5.75 Å². The lowest BCUT2D eigenvalue weighted by Crippen LogP contribution is -1.99. The van der Waals surface area contributed by atoms with Crippen LogP contribution in [0.3, 0.4) is 0 Å². The Hall–Kier alpha value is -0.620. The predicted octanol–water partition coefficient (Wildman–Crippen LogP) is 2.49. The Balaban J connectivity index is 3.38. The van der Waals surface area contributed by atoms with E-state index in [0.29, 0.717) is 12.0 Å². The third kappa shape index (κ3) is 2.24. The summed E-state index contributed by atoms with van der Waals surface area (Å²) >= 11 is 7.31. The van der Waals surface area contributed by atoms with Crippen LogP contribution in [0, 0.1) is 3.57 Å². The van der Waals surface area contributed by atoms with Crippen molar-refractivity contribution in [2.45, 2.75) is 0 Å². The van der Waals surface area contributed by atoms with Crippen molar-refractivity contribution in [2.24, 2.45) is 0 Å². The summed E-state index contributed by atoms with van der Waals surface area (Å²) < 4.78 is 5.74. The third-order valence-corrected chi connectivity index (χ3v) is 2.71. The molecule has 0 unspecified atom stereocenters. The number of carbonyl (C=O) groups is 2. The van der Waals surface area contributed by atoms with Gasteiger partial charge in [-0.1, -0.05) is 0 Å². The van der Waals surface area contributed by atoms with E-state index in [4.69, 9.17) is 16.3 Å². The van der Waals surface area contributed by atoms with Crippen molar-refractivity contribution in [3.05, 3.63) is 26.8 Å². The van der Waals surface area contributed by atoms with Gasteiger partial charge in [0.2, 0.25) is 0 Å². The van der Waals surface area contributed by atoms with Gasteiger partial charge in [0.1, 0.15) is 5.75 Å². The predicted molar refractivity (Wildman–Crippen MR) is 61.3 cm³/mol. The zero-order valence-corrected chi connectivity index (χ0v) is 10.1. The van der Waals surface area contributed by atoms with Gasteiger partial charge in [0.25, 0.3) is 5.24 Å². The summed E-state index contributed by atoms with van der Waals surface area (Å²) in [5, 5.41) is -0.646. The Kier molecular flexibility index (Phi) is 3.88. The number of halogens is 2. The lowest BCUT2D eigenvalue weighted by atomic mass is 10.1. The number of carbonyl (C=O) groups excluding carboxylic acids is 2. The van der Waals surface area contributed by atoms with Crippen LogP contribution in [-0.2, 0) is 0 Å². The van der Waals surface area contributed by atoms with Gasteiger partial charge < -0.3 is 4.74 Å². The van der Waals surface area contributed by atoms with Crippen molar-refractivity contribution in [3.63, 3.8) is 0 Å². The Bertz CT molecular complexity index is 390. The first-order valence-corrected chi connectivity index (χ1v) is 5.08. The van der Waals surface area contributed by atoms with E-state index in [-0.39, 0.29) is 11.1 Å². The van der Waals surface area contributed by atoms with Crippen LogP contribution in [-0.4, -0.2) is 18.6 Å². The molecule has 0 bridgehead atoms. The van der Waals surface area contributed by atoms with Crippen molar-refractivity contribution in [1.82, 2.24) is 0 Å². The van der Waals surface area contributed by atoms with E-state index in [1.807, 2.05) is 22.6 Å². The SMILES string of the molecule is COc1cc(C=O)c(C(=O)Cl)cc1I. The smallest absolute Gasteiger partial charge is 0.253 e. The molecule has 0 saturated carbocycles. The maximum Gasteiger partial charge on any atom is 0.253 e. The molecule has 0 aromatic heterocycles. The fraction of sp³-hybridized carbons (Fsp3) is 0.111. The highest BCUT2D eigenvalue weighted by molar-refractivity contribution is 14.1. The van der Waals surface area contributed by atoms with E-state index in [0.717, 1.165) is 3.57 Å². The first-order chi connectivity index (χ1) is 6.60. The fourth-order valence-electron chi connectivity index (χ4n) is 0.993. The molecule has 0 spiro atoms. The number of hydrogen-bond donors (Lipinski definition) is 0. The second-order valence-corrected chi connectivity index (χ2v) is 3.97. The van der Waals surface area contributed by atoms with Gasteiger partial charge in [0.15, 0.2) is 6.29 Å². The van der Waals surface area contributed by atoms with Gasteiger partial charge >= 0.3 is 0 Å². The molecule has 0 aliphatic heterocycles. The van der Waals surface area contributed by atoms with Crippen LogP contribution in [0.15, 0.2) is 12.1 Å². The minimum Gasteiger partial charge on any atom is -0.496 e. The minimum absolute atomic E-state index is 0.201. The molecule has 0 radical (unpaired) electrons. The van der Waals surface area contributed by atoms with E-state index in [2.05, 4.69) is 0 Å². The zero-order chi connectivity index (χ0) is 10.7. The first-order valence-electron chi connectivity index (χ1n) is 3.62. The van der Waals surface area contributed by atoms with E-state index >= 15 is 0 Å². The molecule has 0 fully saturated rings. The van der Waals surface area contributed by atoms with E-state index in [1.165, 1.54) is 19.2 Å². The molecule has 0 amide bonds. The molecule has 0 aliphatic rings. The molecule has 74 valence electrons. The van der Waals surface area contributed by atoms with Crippen molar-refractivity contribution < 1.29 is 14.3 Å². The molecule has 0 N–H and O–H groups in total. The molecule has 1 aromatic rings. The number of aldehydes is 1. The molecule has 0 aliphatic carbocycles. The summed E-state index contributed by atoms with van der Waals surface area (Å²) in [4.78, 5) is 21.6. The van der Waals surface area contributed by atoms with E-state index in [1.54, 1.807) is 0 Å². The average molecular weight is 325 g/mol. The number of methoxy groups -OCH3 is 1. The van der Waals surface area contributed by atoms with Gasteiger partial charge in [-0.3, -0.25) is 9.59 Å². The van der Waals surface area contributed by atoms with E-state index in [9.17, 15) is 9.59 Å². The summed E-state index contributed by atoms with van der Waals surface area (Å²) in [5.41, 5.74) is 0.439. The Labute approximate surface area is 99.5 Å². The quantitative estimate of drug-likeness (QED) is 0.487.